The molecule has 7 nitrogen and oxygen atoms in total. The van der Waals surface area contributed by atoms with E-state index in [1.165, 1.54) is 36.2 Å². The summed E-state index contributed by atoms with van der Waals surface area (Å²) in [6, 6.07) is 6.66. The van der Waals surface area contributed by atoms with Gasteiger partial charge in [-0.1, -0.05) is 11.6 Å². The van der Waals surface area contributed by atoms with Crippen LogP contribution in [0.2, 0.25) is 5.02 Å². The van der Waals surface area contributed by atoms with Crippen LogP contribution in [0.3, 0.4) is 0 Å². The fourth-order valence-corrected chi connectivity index (χ4v) is 3.58. The molecule has 158 valence electrons. The first-order chi connectivity index (χ1) is 14.5. The summed E-state index contributed by atoms with van der Waals surface area (Å²) >= 11 is 7.81. The van der Waals surface area contributed by atoms with Crippen LogP contribution in [-0.4, -0.2) is 51.4 Å². The molecule has 0 fully saturated rings. The number of carbonyl (C=O) groups is 2. The zero-order valence-electron chi connectivity index (χ0n) is 16.3. The number of amides is 1. The van der Waals surface area contributed by atoms with E-state index < -0.39 is 23.7 Å². The Hall–Kier alpha value is -2.78. The van der Waals surface area contributed by atoms with Crippen molar-refractivity contribution in [1.29, 1.82) is 0 Å². The van der Waals surface area contributed by atoms with E-state index in [2.05, 4.69) is 10.4 Å². The smallest absolute Gasteiger partial charge is 0.328 e. The SMILES string of the molecule is COC(=O)[C@H](CCSC)NC(=O)c1cnn(-c2cc(F)ccc2Cl)c1-n1cccc1. The van der Waals surface area contributed by atoms with Gasteiger partial charge in [-0.05, 0) is 42.7 Å². The molecule has 0 saturated heterocycles. The lowest BCUT2D eigenvalue weighted by atomic mass is 10.2. The lowest BCUT2D eigenvalue weighted by Crippen LogP contribution is -2.42. The van der Waals surface area contributed by atoms with Crippen molar-refractivity contribution in [2.45, 2.75) is 12.5 Å². The zero-order chi connectivity index (χ0) is 21.7. The number of ether oxygens (including phenoxy) is 1. The van der Waals surface area contributed by atoms with E-state index in [4.69, 9.17) is 16.3 Å². The predicted molar refractivity (Wildman–Crippen MR) is 114 cm³/mol. The molecule has 3 rings (SSSR count). The van der Waals surface area contributed by atoms with Crippen molar-refractivity contribution in [3.8, 4) is 11.5 Å². The Bertz CT molecular complexity index is 1040. The van der Waals surface area contributed by atoms with Gasteiger partial charge in [-0.3, -0.25) is 4.79 Å². The van der Waals surface area contributed by atoms with Crippen molar-refractivity contribution in [3.63, 3.8) is 0 Å². The summed E-state index contributed by atoms with van der Waals surface area (Å²) in [5.74, 6) is -0.493. The predicted octanol–water partition coefficient (Wildman–Crippen LogP) is 3.48. The highest BCUT2D eigenvalue weighted by Crippen LogP contribution is 2.26. The topological polar surface area (TPSA) is 78.2 Å². The minimum atomic E-state index is -0.798. The van der Waals surface area contributed by atoms with E-state index in [1.54, 1.807) is 40.9 Å². The second kappa shape index (κ2) is 9.82. The van der Waals surface area contributed by atoms with Crippen molar-refractivity contribution < 1.29 is 18.7 Å². The minimum absolute atomic E-state index is 0.199. The van der Waals surface area contributed by atoms with Gasteiger partial charge in [0.25, 0.3) is 5.91 Å². The molecule has 0 aliphatic heterocycles. The molecule has 0 bridgehead atoms. The number of rotatable bonds is 8. The number of aromatic nitrogens is 3. The van der Waals surface area contributed by atoms with Crippen LogP contribution in [0.4, 0.5) is 4.39 Å². The van der Waals surface area contributed by atoms with Crippen LogP contribution >= 0.6 is 23.4 Å². The third kappa shape index (κ3) is 4.68. The maximum atomic E-state index is 13.9. The van der Waals surface area contributed by atoms with Gasteiger partial charge in [0.1, 0.15) is 17.4 Å². The monoisotopic (exact) mass is 450 g/mol. The Labute approximate surface area is 182 Å². The number of methoxy groups -OCH3 is 1. The molecule has 2 aromatic heterocycles. The third-order valence-electron chi connectivity index (χ3n) is 4.38. The van der Waals surface area contributed by atoms with E-state index in [-0.39, 0.29) is 16.3 Å². The summed E-state index contributed by atoms with van der Waals surface area (Å²) in [7, 11) is 1.27. The maximum absolute atomic E-state index is 13.9. The third-order valence-corrected chi connectivity index (χ3v) is 5.34. The molecule has 2 heterocycles. The molecule has 3 aromatic rings. The number of hydrogen-bond acceptors (Lipinski definition) is 5. The number of carbonyl (C=O) groups excluding carboxylic acids is 2. The lowest BCUT2D eigenvalue weighted by Gasteiger charge is -2.17. The molecule has 0 unspecified atom stereocenters. The first-order valence-electron chi connectivity index (χ1n) is 9.00. The summed E-state index contributed by atoms with van der Waals surface area (Å²) in [4.78, 5) is 25.1. The Balaban J connectivity index is 2.03. The Morgan fingerprint density at radius 2 is 2.07 bits per heavy atom. The summed E-state index contributed by atoms with van der Waals surface area (Å²) in [5, 5.41) is 7.25. The van der Waals surface area contributed by atoms with Crippen molar-refractivity contribution in [2.24, 2.45) is 0 Å². The second-order valence-corrected chi connectivity index (χ2v) is 7.70. The molecule has 0 aliphatic carbocycles. The number of esters is 1. The number of halogens is 2. The van der Waals surface area contributed by atoms with Crippen molar-refractivity contribution in [2.75, 3.05) is 19.1 Å². The van der Waals surface area contributed by atoms with Gasteiger partial charge in [-0.25, -0.2) is 13.9 Å². The van der Waals surface area contributed by atoms with Gasteiger partial charge in [0.05, 0.1) is 24.0 Å². The van der Waals surface area contributed by atoms with Gasteiger partial charge in [-0.2, -0.15) is 16.9 Å². The van der Waals surface area contributed by atoms with Crippen LogP contribution in [0.5, 0.6) is 0 Å². The van der Waals surface area contributed by atoms with Crippen LogP contribution in [0.25, 0.3) is 11.5 Å². The summed E-state index contributed by atoms with van der Waals surface area (Å²) in [6.07, 6.45) is 7.14. The Morgan fingerprint density at radius 3 is 2.73 bits per heavy atom. The molecule has 0 spiro atoms. The molecular weight excluding hydrogens is 431 g/mol. The molecular formula is C20H20ClFN4O3S. The number of hydrogen-bond donors (Lipinski definition) is 1. The average Bonchev–Trinajstić information content (AvgIpc) is 3.41. The van der Waals surface area contributed by atoms with Crippen molar-refractivity contribution in [3.05, 3.63) is 65.3 Å². The first kappa shape index (κ1) is 21.9. The molecule has 0 saturated carbocycles. The van der Waals surface area contributed by atoms with Crippen molar-refractivity contribution in [1.82, 2.24) is 19.7 Å². The fraction of sp³-hybridized carbons (Fsp3) is 0.250. The van der Waals surface area contributed by atoms with Crippen LogP contribution < -0.4 is 5.32 Å². The van der Waals surface area contributed by atoms with Crippen LogP contribution in [0.15, 0.2) is 48.9 Å². The van der Waals surface area contributed by atoms with E-state index in [1.807, 2.05) is 6.26 Å². The van der Waals surface area contributed by atoms with Gasteiger partial charge in [0.2, 0.25) is 0 Å². The van der Waals surface area contributed by atoms with Crippen LogP contribution in [-0.2, 0) is 9.53 Å². The van der Waals surface area contributed by atoms with Gasteiger partial charge in [0, 0.05) is 18.5 Å². The summed E-state index contributed by atoms with van der Waals surface area (Å²) in [5.41, 5.74) is 0.482. The van der Waals surface area contributed by atoms with Crippen LogP contribution in [0.1, 0.15) is 16.8 Å². The number of benzene rings is 1. The first-order valence-corrected chi connectivity index (χ1v) is 10.8. The molecule has 0 radical (unpaired) electrons. The highest BCUT2D eigenvalue weighted by molar-refractivity contribution is 7.98. The number of nitrogens with one attached hydrogen (secondary N) is 1. The summed E-state index contributed by atoms with van der Waals surface area (Å²) in [6.45, 7) is 0. The quantitative estimate of drug-likeness (QED) is 0.531. The second-order valence-electron chi connectivity index (χ2n) is 6.31. The van der Waals surface area contributed by atoms with Crippen molar-refractivity contribution >= 4 is 35.2 Å². The van der Waals surface area contributed by atoms with Crippen LogP contribution in [0, 0.1) is 5.82 Å². The van der Waals surface area contributed by atoms with Gasteiger partial charge < -0.3 is 14.6 Å². The molecule has 0 aliphatic rings. The van der Waals surface area contributed by atoms with Gasteiger partial charge in [-0.15, -0.1) is 0 Å². The fourth-order valence-electron chi connectivity index (χ4n) is 2.91. The zero-order valence-corrected chi connectivity index (χ0v) is 17.9. The Morgan fingerprint density at radius 1 is 1.33 bits per heavy atom. The average molecular weight is 451 g/mol. The molecule has 1 N–H and O–H groups in total. The molecule has 30 heavy (non-hydrogen) atoms. The normalized spacial score (nSPS) is 11.9. The van der Waals surface area contributed by atoms with E-state index >= 15 is 0 Å². The Kier molecular flexibility index (Phi) is 7.17. The van der Waals surface area contributed by atoms with E-state index in [0.717, 1.165) is 0 Å². The van der Waals surface area contributed by atoms with E-state index in [9.17, 15) is 14.0 Å². The molecule has 1 aromatic carbocycles. The largest absolute Gasteiger partial charge is 0.467 e. The number of thioether (sulfide) groups is 1. The number of nitrogens with zero attached hydrogens (tertiary/aromatic N) is 3. The standard InChI is InChI=1S/C20H20ClFN4O3S/c1-29-20(28)16(7-10-30-2)24-18(27)14-12-23-26(19(14)25-8-3-4-9-25)17-11-13(22)5-6-15(17)21/h3-6,8-9,11-12,16H,7,10H2,1-2H3,(H,24,27)/t16-/m0/s1. The minimum Gasteiger partial charge on any atom is -0.467 e. The highest BCUT2D eigenvalue weighted by atomic mass is 35.5. The van der Waals surface area contributed by atoms with Gasteiger partial charge in [0.15, 0.2) is 5.82 Å². The lowest BCUT2D eigenvalue weighted by molar-refractivity contribution is -0.142. The highest BCUT2D eigenvalue weighted by Gasteiger charge is 2.26. The molecule has 10 heteroatoms. The van der Waals surface area contributed by atoms with Gasteiger partial charge >= 0.3 is 5.97 Å². The summed E-state index contributed by atoms with van der Waals surface area (Å²) < 4.78 is 21.7. The molecule has 1 amide bonds. The van der Waals surface area contributed by atoms with E-state index in [0.29, 0.717) is 18.0 Å². The maximum Gasteiger partial charge on any atom is 0.328 e. The molecule has 1 atom stereocenters.